The fraction of sp³-hybridized carbons (Fsp3) is 0.562. The fourth-order valence-corrected chi connectivity index (χ4v) is 2.75. The summed E-state index contributed by atoms with van der Waals surface area (Å²) in [6, 6.07) is 8.43. The van der Waals surface area contributed by atoms with Gasteiger partial charge in [-0.05, 0) is 50.9 Å². The van der Waals surface area contributed by atoms with E-state index in [1.807, 2.05) is 13.8 Å². The zero-order chi connectivity index (χ0) is 14.0. The lowest BCUT2D eigenvalue weighted by Gasteiger charge is -2.22. The van der Waals surface area contributed by atoms with E-state index in [9.17, 15) is 4.79 Å². The van der Waals surface area contributed by atoms with Crippen molar-refractivity contribution in [1.82, 2.24) is 4.90 Å². The minimum Gasteiger partial charge on any atom is -0.468 e. The Morgan fingerprint density at radius 3 is 2.42 bits per heavy atom. The molecule has 1 aliphatic rings. The van der Waals surface area contributed by atoms with Gasteiger partial charge in [0.15, 0.2) is 0 Å². The summed E-state index contributed by atoms with van der Waals surface area (Å²) in [5.74, 6) is 0.432. The molecular weight excluding hydrogens is 238 g/mol. The normalized spacial score (nSPS) is 20.5. The van der Waals surface area contributed by atoms with Crippen molar-refractivity contribution >= 4 is 5.97 Å². The number of likely N-dealkylation sites (tertiary alicyclic amines) is 1. The fourth-order valence-electron chi connectivity index (χ4n) is 2.75. The summed E-state index contributed by atoms with van der Waals surface area (Å²) in [4.78, 5) is 14.1. The first-order chi connectivity index (χ1) is 8.95. The highest BCUT2D eigenvalue weighted by atomic mass is 16.5. The summed E-state index contributed by atoms with van der Waals surface area (Å²) in [7, 11) is 3.60. The molecule has 104 valence electrons. The average molecular weight is 261 g/mol. The molecule has 0 saturated carbocycles. The van der Waals surface area contributed by atoms with Crippen molar-refractivity contribution < 1.29 is 9.53 Å². The monoisotopic (exact) mass is 261 g/mol. The van der Waals surface area contributed by atoms with Crippen LogP contribution in [0, 0.1) is 0 Å². The van der Waals surface area contributed by atoms with Crippen LogP contribution in [-0.2, 0) is 14.9 Å². The van der Waals surface area contributed by atoms with Crippen molar-refractivity contribution in [2.45, 2.75) is 31.6 Å². The summed E-state index contributed by atoms with van der Waals surface area (Å²) in [5, 5.41) is 0. The lowest BCUT2D eigenvalue weighted by molar-refractivity contribution is -0.146. The van der Waals surface area contributed by atoms with E-state index >= 15 is 0 Å². The minimum absolute atomic E-state index is 0.194. The SMILES string of the molecule is COC(=O)C(C)(C)c1ccc(C2CCN(C)C2)cc1. The van der Waals surface area contributed by atoms with Gasteiger partial charge in [-0.3, -0.25) is 4.79 Å². The van der Waals surface area contributed by atoms with Gasteiger partial charge in [0.25, 0.3) is 0 Å². The molecule has 1 aliphatic heterocycles. The van der Waals surface area contributed by atoms with Crippen molar-refractivity contribution in [3.63, 3.8) is 0 Å². The molecule has 1 atom stereocenters. The van der Waals surface area contributed by atoms with Gasteiger partial charge in [-0.15, -0.1) is 0 Å². The summed E-state index contributed by atoms with van der Waals surface area (Å²) < 4.78 is 4.87. The molecule has 0 aromatic heterocycles. The van der Waals surface area contributed by atoms with Crippen LogP contribution in [0.25, 0.3) is 0 Å². The lowest BCUT2D eigenvalue weighted by atomic mass is 9.83. The Balaban J connectivity index is 2.16. The molecule has 0 bridgehead atoms. The Hall–Kier alpha value is -1.35. The Labute approximate surface area is 115 Å². The highest BCUT2D eigenvalue weighted by molar-refractivity contribution is 5.82. The molecule has 1 unspecified atom stereocenters. The van der Waals surface area contributed by atoms with Crippen LogP contribution in [0.4, 0.5) is 0 Å². The van der Waals surface area contributed by atoms with Crippen molar-refractivity contribution in [3.05, 3.63) is 35.4 Å². The Morgan fingerprint density at radius 2 is 1.95 bits per heavy atom. The number of carbonyl (C=O) groups excluding carboxylic acids is 1. The van der Waals surface area contributed by atoms with E-state index in [0.29, 0.717) is 5.92 Å². The van der Waals surface area contributed by atoms with Crippen LogP contribution in [0.5, 0.6) is 0 Å². The molecule has 1 heterocycles. The Bertz CT molecular complexity index is 450. The molecule has 0 N–H and O–H groups in total. The first kappa shape index (κ1) is 14.1. The average Bonchev–Trinajstić information content (AvgIpc) is 2.84. The van der Waals surface area contributed by atoms with Gasteiger partial charge in [0, 0.05) is 6.54 Å². The van der Waals surface area contributed by atoms with Gasteiger partial charge in [-0.25, -0.2) is 0 Å². The summed E-state index contributed by atoms with van der Waals surface area (Å²) in [6.45, 7) is 6.09. The van der Waals surface area contributed by atoms with E-state index in [0.717, 1.165) is 12.1 Å². The minimum atomic E-state index is -0.584. The van der Waals surface area contributed by atoms with Crippen molar-refractivity contribution in [2.24, 2.45) is 0 Å². The number of carbonyl (C=O) groups is 1. The number of benzene rings is 1. The quantitative estimate of drug-likeness (QED) is 0.783. The standard InChI is InChI=1S/C16H23NO2/c1-16(2,15(18)19-4)14-7-5-12(6-8-14)13-9-10-17(3)11-13/h5-8,13H,9-11H2,1-4H3. The van der Waals surface area contributed by atoms with E-state index in [1.165, 1.54) is 25.6 Å². The third-order valence-electron chi connectivity index (χ3n) is 4.19. The molecular formula is C16H23NO2. The number of hydrogen-bond acceptors (Lipinski definition) is 3. The predicted molar refractivity (Wildman–Crippen MR) is 76.3 cm³/mol. The zero-order valence-electron chi connectivity index (χ0n) is 12.3. The van der Waals surface area contributed by atoms with Crippen LogP contribution in [0.3, 0.4) is 0 Å². The second-order valence-electron chi connectivity index (χ2n) is 5.99. The first-order valence-corrected chi connectivity index (χ1v) is 6.82. The number of ether oxygens (including phenoxy) is 1. The number of nitrogens with zero attached hydrogens (tertiary/aromatic N) is 1. The summed E-state index contributed by atoms with van der Waals surface area (Å²) >= 11 is 0. The summed E-state index contributed by atoms with van der Waals surface area (Å²) in [6.07, 6.45) is 1.22. The predicted octanol–water partition coefficient (Wildman–Crippen LogP) is 2.56. The van der Waals surface area contributed by atoms with E-state index in [2.05, 4.69) is 36.2 Å². The Kier molecular flexibility index (Phi) is 3.95. The number of rotatable bonds is 3. The topological polar surface area (TPSA) is 29.5 Å². The third kappa shape index (κ3) is 2.81. The van der Waals surface area contributed by atoms with Crippen LogP contribution < -0.4 is 0 Å². The molecule has 1 aromatic carbocycles. The van der Waals surface area contributed by atoms with Gasteiger partial charge in [-0.2, -0.15) is 0 Å². The van der Waals surface area contributed by atoms with Gasteiger partial charge in [0.05, 0.1) is 12.5 Å². The lowest BCUT2D eigenvalue weighted by Crippen LogP contribution is -2.30. The highest BCUT2D eigenvalue weighted by Gasteiger charge is 2.31. The smallest absolute Gasteiger partial charge is 0.315 e. The molecule has 2 rings (SSSR count). The number of methoxy groups -OCH3 is 1. The zero-order valence-corrected chi connectivity index (χ0v) is 12.3. The van der Waals surface area contributed by atoms with Crippen LogP contribution in [-0.4, -0.2) is 38.1 Å². The molecule has 3 heteroatoms. The van der Waals surface area contributed by atoms with Gasteiger partial charge >= 0.3 is 5.97 Å². The van der Waals surface area contributed by atoms with Gasteiger partial charge in [0.1, 0.15) is 0 Å². The molecule has 0 spiro atoms. The number of likely N-dealkylation sites (N-methyl/N-ethyl adjacent to an activating group) is 1. The van der Waals surface area contributed by atoms with Crippen molar-refractivity contribution in [2.75, 3.05) is 27.2 Å². The van der Waals surface area contributed by atoms with Crippen LogP contribution in [0.1, 0.15) is 37.3 Å². The van der Waals surface area contributed by atoms with Crippen LogP contribution in [0.15, 0.2) is 24.3 Å². The highest BCUT2D eigenvalue weighted by Crippen LogP contribution is 2.29. The van der Waals surface area contributed by atoms with E-state index in [-0.39, 0.29) is 5.97 Å². The molecule has 1 saturated heterocycles. The molecule has 3 nitrogen and oxygen atoms in total. The van der Waals surface area contributed by atoms with E-state index in [1.54, 1.807) is 0 Å². The van der Waals surface area contributed by atoms with Crippen molar-refractivity contribution in [3.8, 4) is 0 Å². The molecule has 19 heavy (non-hydrogen) atoms. The summed E-state index contributed by atoms with van der Waals surface area (Å²) in [5.41, 5.74) is 1.79. The number of esters is 1. The molecule has 1 fully saturated rings. The maximum Gasteiger partial charge on any atom is 0.315 e. The number of hydrogen-bond donors (Lipinski definition) is 0. The van der Waals surface area contributed by atoms with Gasteiger partial charge in [0.2, 0.25) is 0 Å². The van der Waals surface area contributed by atoms with Crippen LogP contribution in [0.2, 0.25) is 0 Å². The molecule has 0 aliphatic carbocycles. The second kappa shape index (κ2) is 5.33. The second-order valence-corrected chi connectivity index (χ2v) is 5.99. The maximum absolute atomic E-state index is 11.8. The van der Waals surface area contributed by atoms with Crippen LogP contribution >= 0.6 is 0 Å². The van der Waals surface area contributed by atoms with Gasteiger partial charge in [-0.1, -0.05) is 24.3 Å². The van der Waals surface area contributed by atoms with E-state index in [4.69, 9.17) is 4.74 Å². The van der Waals surface area contributed by atoms with E-state index < -0.39 is 5.41 Å². The maximum atomic E-state index is 11.8. The largest absolute Gasteiger partial charge is 0.468 e. The van der Waals surface area contributed by atoms with Crippen molar-refractivity contribution in [1.29, 1.82) is 0 Å². The molecule has 0 amide bonds. The first-order valence-electron chi connectivity index (χ1n) is 6.82. The Morgan fingerprint density at radius 1 is 1.32 bits per heavy atom. The third-order valence-corrected chi connectivity index (χ3v) is 4.19. The molecule has 0 radical (unpaired) electrons. The van der Waals surface area contributed by atoms with Gasteiger partial charge < -0.3 is 9.64 Å². The molecule has 1 aromatic rings.